The Balaban J connectivity index is 1.54. The molecule has 0 spiro atoms. The molecule has 8 nitrogen and oxygen atoms in total. The Bertz CT molecular complexity index is 1960. The number of nitrogens with zero attached hydrogens (tertiary/aromatic N) is 2. The fourth-order valence-electron chi connectivity index (χ4n) is 3.84. The molecule has 4 aromatic carbocycles. The molecule has 4 rings (SSSR count). The monoisotopic (exact) mass is 650 g/mol. The molecule has 2 amide bonds. The van der Waals surface area contributed by atoms with Gasteiger partial charge in [-0.15, -0.1) is 0 Å². The molecular weight excluding hydrogens is 640 g/mol. The third kappa shape index (κ3) is 5.64. The van der Waals surface area contributed by atoms with Crippen LogP contribution >= 0.6 is 0 Å². The Morgan fingerprint density at radius 3 is 1.42 bits per heavy atom. The molecule has 0 unspecified atom stereocenters. The van der Waals surface area contributed by atoms with Crippen molar-refractivity contribution >= 4 is 38.7 Å². The molecule has 17 heteroatoms. The Hall–Kier alpha value is -5.81. The summed E-state index contributed by atoms with van der Waals surface area (Å²) in [7, 11) is -4.31. The molecule has 2 N–H and O–H groups in total. The van der Waals surface area contributed by atoms with E-state index in [2.05, 4.69) is 4.85 Å². The number of halogens is 8. The summed E-state index contributed by atoms with van der Waals surface area (Å²) in [4.78, 5) is 26.6. The van der Waals surface area contributed by atoms with E-state index in [4.69, 9.17) is 11.8 Å². The fourth-order valence-corrected chi connectivity index (χ4v) is 5.10. The number of nitrogens with one attached hydrogen (secondary N) is 2. The number of sulfone groups is 1. The van der Waals surface area contributed by atoms with E-state index in [-0.39, 0.29) is 21.2 Å². The highest BCUT2D eigenvalue weighted by Gasteiger charge is 2.31. The SMILES string of the molecule is [C-]#[N+]c1c(F)c(F)c(F)c(F)c1C(=O)Nc1ccc(S(=O)(=O)c2ccc(NC(=O)c3c(F)c(F)c(F)c(F)c3C#N)cc2)cc1. The quantitative estimate of drug-likeness (QED) is 0.106. The van der Waals surface area contributed by atoms with Crippen molar-refractivity contribution in [3.8, 4) is 6.07 Å². The zero-order valence-electron chi connectivity index (χ0n) is 21.6. The van der Waals surface area contributed by atoms with Crippen LogP contribution in [0.25, 0.3) is 4.85 Å². The van der Waals surface area contributed by atoms with Gasteiger partial charge in [-0.3, -0.25) is 9.59 Å². The van der Waals surface area contributed by atoms with Gasteiger partial charge in [-0.1, -0.05) is 0 Å². The minimum absolute atomic E-state index is 0.227. The van der Waals surface area contributed by atoms with Crippen LogP contribution in [0.5, 0.6) is 0 Å². The zero-order chi connectivity index (χ0) is 33.4. The Kier molecular flexibility index (Phi) is 8.60. The lowest BCUT2D eigenvalue weighted by atomic mass is 10.1. The molecular formula is C28H10F8N4O4S. The largest absolute Gasteiger partial charge is 0.323 e. The van der Waals surface area contributed by atoms with Crippen LogP contribution in [-0.4, -0.2) is 20.2 Å². The maximum Gasteiger partial charge on any atom is 0.260 e. The van der Waals surface area contributed by atoms with Gasteiger partial charge in [0.05, 0.1) is 27.5 Å². The lowest BCUT2D eigenvalue weighted by molar-refractivity contribution is 0.101. The van der Waals surface area contributed by atoms with Crippen LogP contribution < -0.4 is 10.6 Å². The second kappa shape index (κ2) is 12.1. The summed E-state index contributed by atoms with van der Waals surface area (Å²) in [5.41, 5.74) is -6.14. The number of anilines is 2. The average Bonchev–Trinajstić information content (AvgIpc) is 3.02. The number of benzene rings is 4. The number of hydrogen-bond acceptors (Lipinski definition) is 5. The van der Waals surface area contributed by atoms with Crippen LogP contribution in [0.2, 0.25) is 0 Å². The van der Waals surface area contributed by atoms with Crippen LogP contribution in [-0.2, 0) is 9.84 Å². The maximum absolute atomic E-state index is 14.2. The van der Waals surface area contributed by atoms with E-state index in [1.807, 2.05) is 10.6 Å². The summed E-state index contributed by atoms with van der Waals surface area (Å²) in [6, 6.07) is 8.87. The van der Waals surface area contributed by atoms with Gasteiger partial charge in [0.1, 0.15) is 11.6 Å². The Labute approximate surface area is 246 Å². The van der Waals surface area contributed by atoms with E-state index in [9.17, 15) is 53.1 Å². The number of carbonyl (C=O) groups excluding carboxylic acids is 2. The van der Waals surface area contributed by atoms with E-state index < -0.39 is 90.6 Å². The summed E-state index contributed by atoms with van der Waals surface area (Å²) >= 11 is 0. The predicted molar refractivity (Wildman–Crippen MR) is 138 cm³/mol. The highest BCUT2D eigenvalue weighted by Crippen LogP contribution is 2.32. The van der Waals surface area contributed by atoms with Gasteiger partial charge in [0.2, 0.25) is 21.4 Å². The van der Waals surface area contributed by atoms with Crippen molar-refractivity contribution < 1.29 is 53.1 Å². The van der Waals surface area contributed by atoms with Crippen LogP contribution in [0, 0.1) is 64.4 Å². The average molecular weight is 650 g/mol. The van der Waals surface area contributed by atoms with E-state index in [1.165, 1.54) is 0 Å². The molecule has 228 valence electrons. The normalized spacial score (nSPS) is 11.0. The molecule has 0 atom stereocenters. The van der Waals surface area contributed by atoms with Gasteiger partial charge in [0, 0.05) is 11.4 Å². The molecule has 45 heavy (non-hydrogen) atoms. The van der Waals surface area contributed by atoms with Crippen LogP contribution in [0.1, 0.15) is 26.3 Å². The third-order valence-corrected chi connectivity index (χ3v) is 7.82. The second-order valence-corrected chi connectivity index (χ2v) is 10.6. The minimum atomic E-state index is -4.31. The van der Waals surface area contributed by atoms with Crippen LogP contribution in [0.4, 0.5) is 52.2 Å². The van der Waals surface area contributed by atoms with Crippen molar-refractivity contribution in [2.24, 2.45) is 0 Å². The molecule has 0 aliphatic carbocycles. The van der Waals surface area contributed by atoms with Gasteiger partial charge in [-0.05, 0) is 48.5 Å². The van der Waals surface area contributed by atoms with Crippen molar-refractivity contribution in [3.05, 3.63) is 123 Å². The zero-order valence-corrected chi connectivity index (χ0v) is 22.4. The van der Waals surface area contributed by atoms with Gasteiger partial charge in [-0.2, -0.15) is 5.26 Å². The molecule has 0 heterocycles. The molecule has 0 aliphatic rings. The Morgan fingerprint density at radius 2 is 1.00 bits per heavy atom. The Morgan fingerprint density at radius 1 is 0.622 bits per heavy atom. The summed E-state index contributed by atoms with van der Waals surface area (Å²) in [6.45, 7) is 6.87. The minimum Gasteiger partial charge on any atom is -0.323 e. The van der Waals surface area contributed by atoms with E-state index in [1.54, 1.807) is 0 Å². The molecule has 0 bridgehead atoms. The predicted octanol–water partition coefficient (Wildman–Crippen LogP) is 6.56. The fraction of sp³-hybridized carbons (Fsp3) is 0. The summed E-state index contributed by atoms with van der Waals surface area (Å²) < 4.78 is 136. The van der Waals surface area contributed by atoms with Crippen molar-refractivity contribution in [2.75, 3.05) is 10.6 Å². The van der Waals surface area contributed by atoms with Gasteiger partial charge in [0.15, 0.2) is 46.5 Å². The first-order valence-corrected chi connectivity index (χ1v) is 13.2. The molecule has 0 fully saturated rings. The molecule has 0 saturated carbocycles. The molecule has 0 saturated heterocycles. The van der Waals surface area contributed by atoms with E-state index in [0.717, 1.165) is 54.6 Å². The van der Waals surface area contributed by atoms with Crippen LogP contribution in [0.3, 0.4) is 0 Å². The van der Waals surface area contributed by atoms with Crippen molar-refractivity contribution in [2.45, 2.75) is 9.79 Å². The van der Waals surface area contributed by atoms with Crippen LogP contribution in [0.15, 0.2) is 58.3 Å². The number of nitriles is 1. The smallest absolute Gasteiger partial charge is 0.260 e. The molecule has 0 aromatic heterocycles. The first-order chi connectivity index (χ1) is 21.1. The van der Waals surface area contributed by atoms with Gasteiger partial charge < -0.3 is 10.6 Å². The first-order valence-electron chi connectivity index (χ1n) is 11.7. The van der Waals surface area contributed by atoms with E-state index >= 15 is 0 Å². The maximum atomic E-state index is 14.2. The van der Waals surface area contributed by atoms with E-state index in [0.29, 0.717) is 0 Å². The summed E-state index contributed by atoms with van der Waals surface area (Å²) in [6.07, 6.45) is 0. The number of amides is 2. The highest BCUT2D eigenvalue weighted by atomic mass is 32.2. The summed E-state index contributed by atoms with van der Waals surface area (Å²) in [5.74, 6) is -20.8. The topological polar surface area (TPSA) is 120 Å². The van der Waals surface area contributed by atoms with Gasteiger partial charge in [-0.25, -0.2) is 48.4 Å². The number of carbonyl (C=O) groups is 2. The number of hydrogen-bond donors (Lipinski definition) is 2. The van der Waals surface area contributed by atoms with Crippen molar-refractivity contribution in [1.82, 2.24) is 0 Å². The summed E-state index contributed by atoms with van der Waals surface area (Å²) in [5, 5.41) is 13.0. The highest BCUT2D eigenvalue weighted by molar-refractivity contribution is 7.91. The molecule has 0 radical (unpaired) electrons. The lowest BCUT2D eigenvalue weighted by Gasteiger charge is -2.12. The van der Waals surface area contributed by atoms with Crippen molar-refractivity contribution in [3.63, 3.8) is 0 Å². The lowest BCUT2D eigenvalue weighted by Crippen LogP contribution is -2.19. The second-order valence-electron chi connectivity index (χ2n) is 8.67. The van der Waals surface area contributed by atoms with Gasteiger partial charge in [0.25, 0.3) is 5.91 Å². The first kappa shape index (κ1) is 32.1. The molecule has 0 aliphatic heterocycles. The third-order valence-electron chi connectivity index (χ3n) is 6.03. The molecule has 4 aromatic rings. The van der Waals surface area contributed by atoms with Gasteiger partial charge >= 0.3 is 0 Å². The standard InChI is InChI=1S/C28H10F8N4O4S/c1-38-26-17(20(31)23(34)24(35)25(26)36)28(42)40-12-4-8-14(9-5-12)45(43,44)13-6-2-11(3-7-13)39-27(41)16-15(10-37)18(29)21(32)22(33)19(16)30/h2-9H,(H,39,41)(H,40,42). The number of rotatable bonds is 6. The van der Waals surface area contributed by atoms with Crippen molar-refractivity contribution in [1.29, 1.82) is 5.26 Å².